The summed E-state index contributed by atoms with van der Waals surface area (Å²) in [5.41, 5.74) is 5.17. The van der Waals surface area contributed by atoms with Gasteiger partial charge in [-0.15, -0.1) is 0 Å². The Hall–Kier alpha value is -1.64. The average molecular weight is 188 g/mol. The first kappa shape index (κ1) is 7.74. The van der Waals surface area contributed by atoms with Crippen LogP contribution in [0.5, 0.6) is 0 Å². The molecule has 0 unspecified atom stereocenters. The maximum atomic E-state index is 13.3. The fraction of sp³-hybridized carbons (Fsp3) is 0.182. The molecule has 2 nitrogen and oxygen atoms in total. The summed E-state index contributed by atoms with van der Waals surface area (Å²) in [7, 11) is 0. The lowest BCUT2D eigenvalue weighted by Gasteiger charge is -2.04. The first-order valence-corrected chi connectivity index (χ1v) is 4.58. The molecule has 1 aliphatic rings. The van der Waals surface area contributed by atoms with Crippen LogP contribution in [0.3, 0.4) is 0 Å². The van der Waals surface area contributed by atoms with Gasteiger partial charge in [0.2, 0.25) is 0 Å². The summed E-state index contributed by atoms with van der Waals surface area (Å²) >= 11 is 0. The Balaban J connectivity index is 2.32. The minimum Gasteiger partial charge on any atom is -0.282 e. The monoisotopic (exact) mass is 188 g/mol. The Morgan fingerprint density at radius 2 is 2.21 bits per heavy atom. The lowest BCUT2D eigenvalue weighted by atomic mass is 10.0. The van der Waals surface area contributed by atoms with Crippen LogP contribution in [0.1, 0.15) is 16.8 Å². The summed E-state index contributed by atoms with van der Waals surface area (Å²) < 4.78 is 13.3. The fourth-order valence-corrected chi connectivity index (χ4v) is 2.06. The van der Waals surface area contributed by atoms with Crippen LogP contribution in [0.2, 0.25) is 0 Å². The van der Waals surface area contributed by atoms with Gasteiger partial charge >= 0.3 is 0 Å². The topological polar surface area (TPSA) is 28.7 Å². The predicted octanol–water partition coefficient (Wildman–Crippen LogP) is 2.43. The van der Waals surface area contributed by atoms with Crippen molar-refractivity contribution in [1.29, 1.82) is 0 Å². The molecule has 0 fully saturated rings. The molecular weight excluding hydrogens is 179 g/mol. The van der Waals surface area contributed by atoms with Crippen LogP contribution in [0, 0.1) is 12.7 Å². The van der Waals surface area contributed by atoms with Crippen molar-refractivity contribution in [2.75, 3.05) is 0 Å². The van der Waals surface area contributed by atoms with E-state index in [-0.39, 0.29) is 5.82 Å². The summed E-state index contributed by atoms with van der Waals surface area (Å²) in [5.74, 6) is -0.123. The van der Waals surface area contributed by atoms with Gasteiger partial charge in [-0.2, -0.15) is 5.10 Å². The molecule has 3 rings (SSSR count). The molecule has 0 aliphatic heterocycles. The fourth-order valence-electron chi connectivity index (χ4n) is 2.06. The number of H-pyrrole nitrogens is 1. The Bertz CT molecular complexity index is 514. The SMILES string of the molecule is Cc1c(F)ccc2c1Cc1[nH]ncc1-2. The number of halogens is 1. The number of aromatic amines is 1. The standard InChI is InChI=1S/C11H9FN2/c1-6-8-4-11-9(5-13-14-11)7(8)2-3-10(6)12/h2-3,5H,4H2,1H3,(H,13,14). The molecule has 70 valence electrons. The van der Waals surface area contributed by atoms with Crippen molar-refractivity contribution in [1.82, 2.24) is 10.2 Å². The van der Waals surface area contributed by atoms with Crippen LogP contribution in [0.15, 0.2) is 18.3 Å². The molecule has 1 aromatic heterocycles. The minimum atomic E-state index is -0.123. The number of nitrogens with one attached hydrogen (secondary N) is 1. The van der Waals surface area contributed by atoms with Crippen molar-refractivity contribution in [3.05, 3.63) is 41.0 Å². The van der Waals surface area contributed by atoms with Crippen LogP contribution in [0.25, 0.3) is 11.1 Å². The van der Waals surface area contributed by atoms with Crippen molar-refractivity contribution >= 4 is 0 Å². The zero-order chi connectivity index (χ0) is 9.71. The zero-order valence-corrected chi connectivity index (χ0v) is 7.76. The highest BCUT2D eigenvalue weighted by Crippen LogP contribution is 2.37. The van der Waals surface area contributed by atoms with Gasteiger partial charge in [0, 0.05) is 17.7 Å². The number of nitrogens with zero attached hydrogens (tertiary/aromatic N) is 1. The highest BCUT2D eigenvalue weighted by molar-refractivity contribution is 5.76. The van der Waals surface area contributed by atoms with E-state index in [0.717, 1.165) is 34.4 Å². The van der Waals surface area contributed by atoms with E-state index in [1.54, 1.807) is 6.20 Å². The molecule has 0 saturated carbocycles. The Kier molecular flexibility index (Phi) is 1.35. The highest BCUT2D eigenvalue weighted by Gasteiger charge is 2.22. The Labute approximate surface area is 80.8 Å². The molecule has 3 heteroatoms. The molecule has 1 aliphatic carbocycles. The van der Waals surface area contributed by atoms with Crippen LogP contribution < -0.4 is 0 Å². The zero-order valence-electron chi connectivity index (χ0n) is 7.76. The number of hydrogen-bond acceptors (Lipinski definition) is 1. The van der Waals surface area contributed by atoms with Gasteiger partial charge in [0.1, 0.15) is 5.82 Å². The second-order valence-corrected chi connectivity index (χ2v) is 3.64. The highest BCUT2D eigenvalue weighted by atomic mass is 19.1. The van der Waals surface area contributed by atoms with Crippen LogP contribution in [0.4, 0.5) is 4.39 Å². The van der Waals surface area contributed by atoms with Crippen LogP contribution in [-0.2, 0) is 6.42 Å². The van der Waals surface area contributed by atoms with E-state index in [0.29, 0.717) is 0 Å². The molecule has 0 bridgehead atoms. The van der Waals surface area contributed by atoms with Gasteiger partial charge in [0.05, 0.1) is 6.20 Å². The normalized spacial score (nSPS) is 12.7. The summed E-state index contributed by atoms with van der Waals surface area (Å²) in [6.45, 7) is 1.83. The van der Waals surface area contributed by atoms with E-state index in [1.807, 2.05) is 13.0 Å². The van der Waals surface area contributed by atoms with E-state index in [9.17, 15) is 4.39 Å². The van der Waals surface area contributed by atoms with Gasteiger partial charge in [0.25, 0.3) is 0 Å². The van der Waals surface area contributed by atoms with E-state index >= 15 is 0 Å². The summed E-state index contributed by atoms with van der Waals surface area (Å²) in [5, 5.41) is 6.91. The van der Waals surface area contributed by atoms with Gasteiger partial charge in [-0.05, 0) is 29.7 Å². The van der Waals surface area contributed by atoms with E-state index < -0.39 is 0 Å². The van der Waals surface area contributed by atoms with E-state index in [2.05, 4.69) is 10.2 Å². The number of benzene rings is 1. The minimum absolute atomic E-state index is 0.123. The smallest absolute Gasteiger partial charge is 0.126 e. The molecule has 0 spiro atoms. The largest absolute Gasteiger partial charge is 0.282 e. The van der Waals surface area contributed by atoms with Gasteiger partial charge in [0.15, 0.2) is 0 Å². The number of fused-ring (bicyclic) bond motifs is 3. The second-order valence-electron chi connectivity index (χ2n) is 3.64. The summed E-state index contributed by atoms with van der Waals surface area (Å²) in [4.78, 5) is 0. The van der Waals surface area contributed by atoms with Gasteiger partial charge in [-0.3, -0.25) is 5.10 Å². The summed E-state index contributed by atoms with van der Waals surface area (Å²) in [6, 6.07) is 3.36. The molecule has 0 amide bonds. The van der Waals surface area contributed by atoms with E-state index in [1.165, 1.54) is 6.07 Å². The van der Waals surface area contributed by atoms with Gasteiger partial charge in [-0.1, -0.05) is 6.07 Å². The third-order valence-electron chi connectivity index (χ3n) is 2.89. The lowest BCUT2D eigenvalue weighted by Crippen LogP contribution is -1.91. The molecule has 1 N–H and O–H groups in total. The number of hydrogen-bond donors (Lipinski definition) is 1. The van der Waals surface area contributed by atoms with E-state index in [4.69, 9.17) is 0 Å². The third kappa shape index (κ3) is 0.816. The van der Waals surface area contributed by atoms with Crippen molar-refractivity contribution in [3.63, 3.8) is 0 Å². The maximum absolute atomic E-state index is 13.3. The molecule has 14 heavy (non-hydrogen) atoms. The molecule has 0 saturated heterocycles. The lowest BCUT2D eigenvalue weighted by molar-refractivity contribution is 0.616. The Morgan fingerprint density at radius 3 is 3.07 bits per heavy atom. The molecular formula is C11H9FN2. The van der Waals surface area contributed by atoms with Gasteiger partial charge in [-0.25, -0.2) is 4.39 Å². The number of aromatic nitrogens is 2. The molecule has 0 radical (unpaired) electrons. The third-order valence-corrected chi connectivity index (χ3v) is 2.89. The van der Waals surface area contributed by atoms with Crippen molar-refractivity contribution in [2.24, 2.45) is 0 Å². The van der Waals surface area contributed by atoms with Crippen molar-refractivity contribution in [2.45, 2.75) is 13.3 Å². The second kappa shape index (κ2) is 2.44. The first-order chi connectivity index (χ1) is 6.77. The Morgan fingerprint density at radius 1 is 1.36 bits per heavy atom. The predicted molar refractivity (Wildman–Crippen MR) is 51.5 cm³/mol. The van der Waals surface area contributed by atoms with Gasteiger partial charge < -0.3 is 0 Å². The summed E-state index contributed by atoms with van der Waals surface area (Å²) in [6.07, 6.45) is 2.58. The maximum Gasteiger partial charge on any atom is 0.126 e. The van der Waals surface area contributed by atoms with Crippen LogP contribution in [-0.4, -0.2) is 10.2 Å². The molecule has 2 aromatic rings. The van der Waals surface area contributed by atoms with Crippen molar-refractivity contribution < 1.29 is 4.39 Å². The van der Waals surface area contributed by atoms with Crippen LogP contribution >= 0.6 is 0 Å². The molecule has 0 atom stereocenters. The first-order valence-electron chi connectivity index (χ1n) is 4.58. The molecule has 1 aromatic carbocycles. The molecule has 1 heterocycles. The quantitative estimate of drug-likeness (QED) is 0.576. The number of rotatable bonds is 0. The van der Waals surface area contributed by atoms with Crippen molar-refractivity contribution in [3.8, 4) is 11.1 Å². The average Bonchev–Trinajstić information content (AvgIpc) is 2.71.